The number of carbonyl (C=O) groups is 1. The Kier molecular flexibility index (Phi) is 4.99. The number of piperidine rings is 1. The van der Waals surface area contributed by atoms with Crippen molar-refractivity contribution in [2.24, 2.45) is 0 Å². The summed E-state index contributed by atoms with van der Waals surface area (Å²) in [6, 6.07) is 10.1. The number of para-hydroxylation sites is 1. The van der Waals surface area contributed by atoms with E-state index < -0.39 is 0 Å². The van der Waals surface area contributed by atoms with Gasteiger partial charge in [-0.2, -0.15) is 5.10 Å². The van der Waals surface area contributed by atoms with E-state index in [1.165, 1.54) is 0 Å². The van der Waals surface area contributed by atoms with Crippen LogP contribution in [0.15, 0.2) is 40.9 Å². The first kappa shape index (κ1) is 17.8. The molecule has 1 aliphatic rings. The van der Waals surface area contributed by atoms with Crippen molar-refractivity contribution in [3.05, 3.63) is 53.5 Å². The number of carbonyl (C=O) groups excluding carboxylic acids is 1. The number of aromatic nitrogens is 2. The van der Waals surface area contributed by atoms with Gasteiger partial charge in [0, 0.05) is 43.7 Å². The van der Waals surface area contributed by atoms with Crippen LogP contribution in [0.25, 0.3) is 11.0 Å². The number of amides is 1. The Morgan fingerprint density at radius 2 is 2.22 bits per heavy atom. The van der Waals surface area contributed by atoms with Gasteiger partial charge in [-0.05, 0) is 31.5 Å². The fourth-order valence-electron chi connectivity index (χ4n) is 3.83. The molecular weight excluding hydrogens is 340 g/mol. The van der Waals surface area contributed by atoms with Gasteiger partial charge in [0.05, 0.1) is 6.04 Å². The number of nitrogens with zero attached hydrogens (tertiary/aromatic N) is 3. The van der Waals surface area contributed by atoms with Crippen LogP contribution in [0.3, 0.4) is 0 Å². The molecule has 1 aliphatic heterocycles. The van der Waals surface area contributed by atoms with Gasteiger partial charge in [-0.3, -0.25) is 9.48 Å². The molecule has 3 aromatic rings. The molecular formula is C21H26N4O2. The van der Waals surface area contributed by atoms with Crippen LogP contribution in [0, 0.1) is 0 Å². The van der Waals surface area contributed by atoms with Crippen molar-refractivity contribution in [1.29, 1.82) is 0 Å². The Bertz CT molecular complexity index is 937. The molecule has 1 fully saturated rings. The average Bonchev–Trinajstić information content (AvgIpc) is 3.33. The van der Waals surface area contributed by atoms with Crippen molar-refractivity contribution >= 4 is 16.9 Å². The minimum absolute atomic E-state index is 0.0650. The van der Waals surface area contributed by atoms with Crippen LogP contribution < -0.4 is 5.32 Å². The predicted molar refractivity (Wildman–Crippen MR) is 105 cm³/mol. The molecule has 4 rings (SSSR count). The Balaban J connectivity index is 1.52. The summed E-state index contributed by atoms with van der Waals surface area (Å²) in [7, 11) is 1.82. The molecule has 6 heteroatoms. The number of nitrogens with one attached hydrogen (secondary N) is 1. The van der Waals surface area contributed by atoms with Gasteiger partial charge >= 0.3 is 0 Å². The number of hydrogen-bond donors (Lipinski definition) is 1. The fourth-order valence-corrected chi connectivity index (χ4v) is 3.83. The lowest BCUT2D eigenvalue weighted by Gasteiger charge is -2.23. The maximum atomic E-state index is 12.9. The molecule has 3 heterocycles. The Morgan fingerprint density at radius 1 is 1.37 bits per heavy atom. The number of benzene rings is 1. The zero-order valence-electron chi connectivity index (χ0n) is 15.9. The number of hydrogen-bond acceptors (Lipinski definition) is 4. The lowest BCUT2D eigenvalue weighted by Crippen LogP contribution is -2.32. The fraction of sp³-hybridized carbons (Fsp3) is 0.429. The maximum absolute atomic E-state index is 12.9. The summed E-state index contributed by atoms with van der Waals surface area (Å²) in [6.07, 6.45) is 4.96. The Hall–Kier alpha value is -2.60. The van der Waals surface area contributed by atoms with Crippen molar-refractivity contribution in [1.82, 2.24) is 20.0 Å². The molecule has 27 heavy (non-hydrogen) atoms. The number of furan rings is 1. The van der Waals surface area contributed by atoms with Crippen LogP contribution in [0.5, 0.6) is 0 Å². The van der Waals surface area contributed by atoms with Crippen LogP contribution in [-0.2, 0) is 13.0 Å². The molecule has 0 aliphatic carbocycles. The van der Waals surface area contributed by atoms with Crippen LogP contribution in [0.2, 0.25) is 0 Å². The predicted octanol–water partition coefficient (Wildman–Crippen LogP) is 3.39. The Morgan fingerprint density at radius 3 is 3.00 bits per heavy atom. The Labute approximate surface area is 159 Å². The van der Waals surface area contributed by atoms with Crippen molar-refractivity contribution in [3.63, 3.8) is 0 Å². The third-order valence-corrected chi connectivity index (χ3v) is 5.32. The first-order chi connectivity index (χ1) is 13.2. The van der Waals surface area contributed by atoms with Crippen LogP contribution >= 0.6 is 0 Å². The zero-order chi connectivity index (χ0) is 18.8. The topological polar surface area (TPSA) is 63.3 Å². The highest BCUT2D eigenvalue weighted by Crippen LogP contribution is 2.27. The van der Waals surface area contributed by atoms with E-state index in [1.54, 1.807) is 4.90 Å². The normalized spacial score (nSPS) is 17.3. The average molecular weight is 366 g/mol. The largest absolute Gasteiger partial charge is 0.461 e. The first-order valence-corrected chi connectivity index (χ1v) is 9.68. The maximum Gasteiger partial charge on any atom is 0.274 e. The van der Waals surface area contributed by atoms with Gasteiger partial charge in [-0.1, -0.05) is 25.1 Å². The summed E-state index contributed by atoms with van der Waals surface area (Å²) in [5.41, 5.74) is 2.45. The standard InChI is InChI=1S/C21H26N4O2/c1-3-19-17(16-8-4-5-9-20(16)27-19)14-24(2)21(26)18-10-12-25(23-18)15-7-6-11-22-13-15/h4-5,8-10,12,15,22H,3,6-7,11,13-14H2,1-2H3. The summed E-state index contributed by atoms with van der Waals surface area (Å²) in [4.78, 5) is 14.6. The van der Waals surface area contributed by atoms with Crippen molar-refractivity contribution < 1.29 is 9.21 Å². The SMILES string of the molecule is CCc1oc2ccccc2c1CN(C)C(=O)c1ccn(C2CCCNC2)n1. The molecule has 6 nitrogen and oxygen atoms in total. The molecule has 1 N–H and O–H groups in total. The van der Waals surface area contributed by atoms with Crippen molar-refractivity contribution in [2.45, 2.75) is 38.8 Å². The quantitative estimate of drug-likeness (QED) is 0.752. The molecule has 0 saturated carbocycles. The molecule has 2 aromatic heterocycles. The van der Waals surface area contributed by atoms with Crippen LogP contribution in [0.4, 0.5) is 0 Å². The summed E-state index contributed by atoms with van der Waals surface area (Å²) in [5.74, 6) is 0.875. The molecule has 1 amide bonds. The molecule has 1 saturated heterocycles. The monoisotopic (exact) mass is 366 g/mol. The van der Waals surface area contributed by atoms with Gasteiger partial charge in [-0.15, -0.1) is 0 Å². The van der Waals surface area contributed by atoms with E-state index in [-0.39, 0.29) is 5.91 Å². The van der Waals surface area contributed by atoms with E-state index in [0.29, 0.717) is 18.3 Å². The first-order valence-electron chi connectivity index (χ1n) is 9.68. The van der Waals surface area contributed by atoms with Crippen molar-refractivity contribution in [3.8, 4) is 0 Å². The van der Waals surface area contributed by atoms with Gasteiger partial charge in [0.1, 0.15) is 17.0 Å². The van der Waals surface area contributed by atoms with Crippen LogP contribution in [-0.4, -0.2) is 40.7 Å². The second-order valence-electron chi connectivity index (χ2n) is 7.20. The summed E-state index contributed by atoms with van der Waals surface area (Å²) in [5, 5.41) is 9.02. The molecule has 1 unspecified atom stereocenters. The number of fused-ring (bicyclic) bond motifs is 1. The van der Waals surface area contributed by atoms with Crippen LogP contribution in [0.1, 0.15) is 47.6 Å². The van der Waals surface area contributed by atoms with Gasteiger partial charge < -0.3 is 14.6 Å². The molecule has 0 spiro atoms. The summed E-state index contributed by atoms with van der Waals surface area (Å²) in [6.45, 7) is 4.55. The van der Waals surface area contributed by atoms with E-state index in [4.69, 9.17) is 4.42 Å². The van der Waals surface area contributed by atoms with Gasteiger partial charge in [0.2, 0.25) is 0 Å². The smallest absolute Gasteiger partial charge is 0.274 e. The second-order valence-corrected chi connectivity index (χ2v) is 7.20. The second kappa shape index (κ2) is 7.56. The van der Waals surface area contributed by atoms with E-state index in [1.807, 2.05) is 42.2 Å². The molecule has 0 bridgehead atoms. The zero-order valence-corrected chi connectivity index (χ0v) is 15.9. The van der Waals surface area contributed by atoms with E-state index in [9.17, 15) is 4.79 Å². The highest BCUT2D eigenvalue weighted by atomic mass is 16.3. The van der Waals surface area contributed by atoms with E-state index in [2.05, 4.69) is 23.4 Å². The van der Waals surface area contributed by atoms with Gasteiger partial charge in [-0.25, -0.2) is 0 Å². The number of rotatable bonds is 5. The lowest BCUT2D eigenvalue weighted by atomic mass is 10.1. The molecule has 142 valence electrons. The van der Waals surface area contributed by atoms with Gasteiger partial charge in [0.25, 0.3) is 5.91 Å². The molecule has 1 atom stereocenters. The minimum atomic E-state index is -0.0650. The summed E-state index contributed by atoms with van der Waals surface area (Å²) < 4.78 is 7.88. The minimum Gasteiger partial charge on any atom is -0.461 e. The molecule has 1 aromatic carbocycles. The number of aryl methyl sites for hydroxylation is 1. The van der Waals surface area contributed by atoms with Crippen molar-refractivity contribution in [2.75, 3.05) is 20.1 Å². The van der Waals surface area contributed by atoms with E-state index >= 15 is 0 Å². The highest BCUT2D eigenvalue weighted by Gasteiger charge is 2.22. The third kappa shape index (κ3) is 3.49. The van der Waals surface area contributed by atoms with E-state index in [0.717, 1.165) is 54.6 Å². The molecule has 0 radical (unpaired) electrons. The lowest BCUT2D eigenvalue weighted by molar-refractivity contribution is 0.0777. The highest BCUT2D eigenvalue weighted by molar-refractivity contribution is 5.92. The summed E-state index contributed by atoms with van der Waals surface area (Å²) >= 11 is 0. The van der Waals surface area contributed by atoms with Gasteiger partial charge in [0.15, 0.2) is 0 Å². The third-order valence-electron chi connectivity index (χ3n) is 5.32.